The van der Waals surface area contributed by atoms with Crippen molar-refractivity contribution in [2.75, 3.05) is 18.4 Å². The monoisotopic (exact) mass is 537 g/mol. The highest BCUT2D eigenvalue weighted by Gasteiger charge is 2.30. The number of amides is 1. The number of hydrogen-bond donors (Lipinski definition) is 2. The summed E-state index contributed by atoms with van der Waals surface area (Å²) >= 11 is 0. The number of hydrogen-bond acceptors (Lipinski definition) is 6. The van der Waals surface area contributed by atoms with Crippen LogP contribution in [0.25, 0.3) is 11.4 Å². The number of benzene rings is 3. The minimum absolute atomic E-state index is 0.0578. The first-order chi connectivity index (χ1) is 18.7. The lowest BCUT2D eigenvalue weighted by Gasteiger charge is -2.35. The second-order valence-corrected chi connectivity index (χ2v) is 9.39. The molecule has 1 fully saturated rings. The van der Waals surface area contributed by atoms with Crippen molar-refractivity contribution < 1.29 is 27.8 Å². The van der Waals surface area contributed by atoms with Crippen LogP contribution in [-0.2, 0) is 26.4 Å². The Kier molecular flexibility index (Phi) is 7.36. The largest absolute Gasteiger partial charge is 0.486 e. The fraction of sp³-hybridized carbons (Fsp3) is 0.250. The minimum atomic E-state index is -4.45. The van der Waals surface area contributed by atoms with Crippen LogP contribution in [0.4, 0.5) is 18.9 Å². The fourth-order valence-electron chi connectivity index (χ4n) is 4.25. The molecule has 2 N–H and O–H groups in total. The van der Waals surface area contributed by atoms with E-state index in [4.69, 9.17) is 4.74 Å². The van der Waals surface area contributed by atoms with Crippen LogP contribution in [0.5, 0.6) is 5.75 Å². The molecule has 0 unspecified atom stereocenters. The average Bonchev–Trinajstić information content (AvgIpc) is 3.27. The third kappa shape index (κ3) is 6.27. The molecule has 39 heavy (non-hydrogen) atoms. The first-order valence-corrected chi connectivity index (χ1v) is 12.3. The number of anilines is 1. The highest BCUT2D eigenvalue weighted by atomic mass is 19.4. The van der Waals surface area contributed by atoms with Crippen molar-refractivity contribution in [2.24, 2.45) is 7.05 Å². The molecule has 1 aromatic heterocycles. The Labute approximate surface area is 222 Å². The van der Waals surface area contributed by atoms with Gasteiger partial charge in [-0.15, -0.1) is 10.2 Å². The number of alkyl halides is 3. The van der Waals surface area contributed by atoms with Crippen LogP contribution in [0.1, 0.15) is 27.3 Å². The van der Waals surface area contributed by atoms with E-state index in [2.05, 4.69) is 20.4 Å². The van der Waals surface area contributed by atoms with E-state index >= 15 is 0 Å². The fourth-order valence-corrected chi connectivity index (χ4v) is 4.25. The molecule has 1 aliphatic rings. The number of aliphatic hydroxyl groups is 1. The zero-order chi connectivity index (χ0) is 27.6. The van der Waals surface area contributed by atoms with Gasteiger partial charge in [0.2, 0.25) is 0 Å². The van der Waals surface area contributed by atoms with Gasteiger partial charge in [-0.1, -0.05) is 18.2 Å². The number of nitrogens with zero attached hydrogens (tertiary/aromatic N) is 4. The second-order valence-electron chi connectivity index (χ2n) is 9.39. The minimum Gasteiger partial charge on any atom is -0.486 e. The molecule has 0 aliphatic carbocycles. The lowest BCUT2D eigenvalue weighted by atomic mass is 10.1. The van der Waals surface area contributed by atoms with Crippen molar-refractivity contribution in [1.29, 1.82) is 0 Å². The molecular weight excluding hydrogens is 511 g/mol. The number of aliphatic hydroxyl groups excluding tert-OH is 1. The van der Waals surface area contributed by atoms with Crippen molar-refractivity contribution in [2.45, 2.75) is 25.4 Å². The highest BCUT2D eigenvalue weighted by Crippen LogP contribution is 2.31. The molecule has 8 nitrogen and oxygen atoms in total. The lowest BCUT2D eigenvalue weighted by Crippen LogP contribution is -2.49. The lowest BCUT2D eigenvalue weighted by molar-refractivity contribution is -0.137. The number of carbonyl (C=O) groups excluding carboxylic acids is 1. The predicted octanol–water partition coefficient (Wildman–Crippen LogP) is 4.51. The Morgan fingerprint density at radius 1 is 1.05 bits per heavy atom. The molecular formula is C28H26F3N5O3. The number of halogens is 3. The molecule has 1 aliphatic heterocycles. The van der Waals surface area contributed by atoms with E-state index in [1.54, 1.807) is 48.0 Å². The normalized spacial score (nSPS) is 14.2. The van der Waals surface area contributed by atoms with E-state index in [9.17, 15) is 23.1 Å². The third-order valence-corrected chi connectivity index (χ3v) is 6.46. The zero-order valence-corrected chi connectivity index (χ0v) is 21.0. The Morgan fingerprint density at radius 2 is 1.77 bits per heavy atom. The summed E-state index contributed by atoms with van der Waals surface area (Å²) in [5, 5.41) is 20.6. The Morgan fingerprint density at radius 3 is 2.44 bits per heavy atom. The molecule has 2 heterocycles. The van der Waals surface area contributed by atoms with Crippen LogP contribution in [0.15, 0.2) is 72.8 Å². The summed E-state index contributed by atoms with van der Waals surface area (Å²) in [5.41, 5.74) is 2.18. The summed E-state index contributed by atoms with van der Waals surface area (Å²) in [5.74, 6) is 0.829. The van der Waals surface area contributed by atoms with Gasteiger partial charge in [0.15, 0.2) is 11.6 Å². The molecule has 4 aromatic rings. The summed E-state index contributed by atoms with van der Waals surface area (Å²) in [6, 6.07) is 19.1. The van der Waals surface area contributed by atoms with Crippen LogP contribution in [-0.4, -0.2) is 49.9 Å². The maximum absolute atomic E-state index is 12.9. The Bertz CT molecular complexity index is 1450. The maximum atomic E-state index is 12.9. The van der Waals surface area contributed by atoms with Gasteiger partial charge in [0, 0.05) is 43.5 Å². The van der Waals surface area contributed by atoms with Gasteiger partial charge in [0.05, 0.1) is 11.7 Å². The zero-order valence-electron chi connectivity index (χ0n) is 21.0. The SMILES string of the molecule is Cn1c(COc2cccc(C(F)(F)F)c2)nnc1-c1ccc(NC(=O)c2ccc(CN3CC(O)C3)cc2)cc1. The standard InChI is InChI=1S/C28H26F3N5O3/c1-35-25(17-39-24-4-2-3-21(13-24)28(29,30)31)33-34-26(35)19-9-11-22(12-10-19)32-27(38)20-7-5-18(6-8-20)14-36-15-23(37)16-36/h2-13,23,37H,14-17H2,1H3,(H,32,38). The molecule has 0 atom stereocenters. The summed E-state index contributed by atoms with van der Waals surface area (Å²) in [6.07, 6.45) is -4.70. The third-order valence-electron chi connectivity index (χ3n) is 6.46. The smallest absolute Gasteiger partial charge is 0.416 e. The predicted molar refractivity (Wildman–Crippen MR) is 138 cm³/mol. The quantitative estimate of drug-likeness (QED) is 0.344. The maximum Gasteiger partial charge on any atom is 0.416 e. The average molecular weight is 538 g/mol. The van der Waals surface area contributed by atoms with Crippen LogP contribution < -0.4 is 10.1 Å². The molecule has 1 amide bonds. The van der Waals surface area contributed by atoms with E-state index in [-0.39, 0.29) is 24.4 Å². The number of β-amino-alcohol motifs (C(OH)–C–C–N with tert-alkyl or cyclic N) is 1. The number of carbonyl (C=O) groups is 1. The van der Waals surface area contributed by atoms with Crippen molar-refractivity contribution in [3.8, 4) is 17.1 Å². The molecule has 1 saturated heterocycles. The topological polar surface area (TPSA) is 92.5 Å². The summed E-state index contributed by atoms with van der Waals surface area (Å²) in [7, 11) is 1.74. The molecule has 5 rings (SSSR count). The molecule has 0 saturated carbocycles. The van der Waals surface area contributed by atoms with Crippen LogP contribution in [0.2, 0.25) is 0 Å². The van der Waals surface area contributed by atoms with Gasteiger partial charge < -0.3 is 19.7 Å². The molecule has 3 aromatic carbocycles. The van der Waals surface area contributed by atoms with Gasteiger partial charge >= 0.3 is 6.18 Å². The van der Waals surface area contributed by atoms with Gasteiger partial charge in [-0.25, -0.2) is 0 Å². The number of nitrogens with one attached hydrogen (secondary N) is 1. The van der Waals surface area contributed by atoms with Gasteiger partial charge in [-0.3, -0.25) is 9.69 Å². The number of ether oxygens (including phenoxy) is 1. The summed E-state index contributed by atoms with van der Waals surface area (Å²) in [6.45, 7) is 2.02. The number of rotatable bonds is 8. The second kappa shape index (κ2) is 10.9. The number of likely N-dealkylation sites (tertiary alicyclic amines) is 1. The molecule has 202 valence electrons. The van der Waals surface area contributed by atoms with E-state index in [1.807, 2.05) is 12.1 Å². The van der Waals surface area contributed by atoms with E-state index in [1.165, 1.54) is 12.1 Å². The van der Waals surface area contributed by atoms with E-state index in [0.29, 0.717) is 36.0 Å². The molecule has 0 bridgehead atoms. The molecule has 11 heteroatoms. The van der Waals surface area contributed by atoms with Gasteiger partial charge in [-0.2, -0.15) is 13.2 Å². The van der Waals surface area contributed by atoms with E-state index in [0.717, 1.165) is 29.8 Å². The van der Waals surface area contributed by atoms with Crippen molar-refractivity contribution >= 4 is 11.6 Å². The van der Waals surface area contributed by atoms with Gasteiger partial charge in [-0.05, 0) is 60.2 Å². The van der Waals surface area contributed by atoms with Crippen molar-refractivity contribution in [3.63, 3.8) is 0 Å². The highest BCUT2D eigenvalue weighted by molar-refractivity contribution is 6.04. The van der Waals surface area contributed by atoms with Crippen LogP contribution >= 0.6 is 0 Å². The van der Waals surface area contributed by atoms with Crippen molar-refractivity contribution in [1.82, 2.24) is 19.7 Å². The number of aromatic nitrogens is 3. The molecule has 0 radical (unpaired) electrons. The van der Waals surface area contributed by atoms with Crippen molar-refractivity contribution in [3.05, 3.63) is 95.3 Å². The first kappa shape index (κ1) is 26.4. The van der Waals surface area contributed by atoms with Gasteiger partial charge in [0.25, 0.3) is 5.91 Å². The Balaban J connectivity index is 1.18. The van der Waals surface area contributed by atoms with E-state index < -0.39 is 11.7 Å². The van der Waals surface area contributed by atoms with Crippen LogP contribution in [0.3, 0.4) is 0 Å². The molecule has 0 spiro atoms. The van der Waals surface area contributed by atoms with Gasteiger partial charge in [0.1, 0.15) is 12.4 Å². The summed E-state index contributed by atoms with van der Waals surface area (Å²) in [4.78, 5) is 14.8. The van der Waals surface area contributed by atoms with Crippen LogP contribution in [0, 0.1) is 0 Å². The summed E-state index contributed by atoms with van der Waals surface area (Å²) < 4.78 is 46.0. The first-order valence-electron chi connectivity index (χ1n) is 12.3. The Hall–Kier alpha value is -4.22.